The molecule has 1 atom stereocenters. The Morgan fingerprint density at radius 1 is 1.56 bits per heavy atom. The van der Waals surface area contributed by atoms with Gasteiger partial charge in [-0.3, -0.25) is 0 Å². The Morgan fingerprint density at radius 2 is 2.25 bits per heavy atom. The van der Waals surface area contributed by atoms with Crippen LogP contribution in [0.2, 0.25) is 0 Å². The van der Waals surface area contributed by atoms with Gasteiger partial charge in [-0.1, -0.05) is 0 Å². The van der Waals surface area contributed by atoms with Crippen molar-refractivity contribution >= 4 is 26.0 Å². The summed E-state index contributed by atoms with van der Waals surface area (Å²) >= 11 is 3.19. The van der Waals surface area contributed by atoms with Crippen LogP contribution in [0.15, 0.2) is 27.8 Å². The number of hydrogen-bond donors (Lipinski definition) is 1. The van der Waals surface area contributed by atoms with Gasteiger partial charge in [-0.25, -0.2) is 18.1 Å². The van der Waals surface area contributed by atoms with Gasteiger partial charge in [0.05, 0.1) is 6.61 Å². The predicted octanol–water partition coefficient (Wildman–Crippen LogP) is 1.16. The molecule has 0 amide bonds. The number of aromatic nitrogens is 1. The lowest BCUT2D eigenvalue weighted by Gasteiger charge is -2.12. The quantitative estimate of drug-likeness (QED) is 0.886. The van der Waals surface area contributed by atoms with Gasteiger partial charge < -0.3 is 4.74 Å². The third kappa shape index (κ3) is 3.82. The Bertz CT molecular complexity index is 433. The van der Waals surface area contributed by atoms with E-state index in [1.807, 2.05) is 0 Å². The van der Waals surface area contributed by atoms with Crippen LogP contribution in [0.25, 0.3) is 0 Å². The van der Waals surface area contributed by atoms with Gasteiger partial charge in [0.2, 0.25) is 0 Å². The standard InChI is InChI=1S/C9H13BrN2O3S/c1-7(6-15-2)12-16(13,14)9-4-3-8(10)5-11-9/h3-5,7,12H,6H2,1-2H3/t7-/m0/s1. The first-order chi connectivity index (χ1) is 7.45. The third-order valence-electron chi connectivity index (χ3n) is 1.75. The van der Waals surface area contributed by atoms with Crippen LogP contribution in [0, 0.1) is 0 Å². The molecule has 0 bridgehead atoms. The van der Waals surface area contributed by atoms with Gasteiger partial charge in [0.15, 0.2) is 5.03 Å². The number of sulfonamides is 1. The summed E-state index contributed by atoms with van der Waals surface area (Å²) in [5.74, 6) is 0. The smallest absolute Gasteiger partial charge is 0.258 e. The summed E-state index contributed by atoms with van der Waals surface area (Å²) < 4.78 is 31.6. The Labute approximate surface area is 103 Å². The molecule has 0 aliphatic rings. The first-order valence-corrected chi connectivity index (χ1v) is 6.86. The molecule has 1 N–H and O–H groups in total. The van der Waals surface area contributed by atoms with Gasteiger partial charge in [0.25, 0.3) is 10.0 Å². The van der Waals surface area contributed by atoms with Crippen molar-refractivity contribution in [3.05, 3.63) is 22.8 Å². The van der Waals surface area contributed by atoms with E-state index in [-0.39, 0.29) is 11.1 Å². The average Bonchev–Trinajstić information content (AvgIpc) is 2.17. The van der Waals surface area contributed by atoms with Gasteiger partial charge in [-0.05, 0) is 35.0 Å². The zero-order valence-electron chi connectivity index (χ0n) is 8.97. The van der Waals surface area contributed by atoms with Crippen LogP contribution in [0.5, 0.6) is 0 Å². The highest BCUT2D eigenvalue weighted by atomic mass is 79.9. The molecular formula is C9H13BrN2O3S. The summed E-state index contributed by atoms with van der Waals surface area (Å²) in [6, 6.07) is 2.77. The topological polar surface area (TPSA) is 68.3 Å². The maximum Gasteiger partial charge on any atom is 0.258 e. The van der Waals surface area contributed by atoms with Crippen LogP contribution in [0.3, 0.4) is 0 Å². The molecule has 1 rings (SSSR count). The molecule has 0 radical (unpaired) electrons. The first kappa shape index (κ1) is 13.6. The molecule has 0 fully saturated rings. The second-order valence-electron chi connectivity index (χ2n) is 3.29. The van der Waals surface area contributed by atoms with Gasteiger partial charge in [-0.2, -0.15) is 0 Å². The molecule has 0 saturated heterocycles. The van der Waals surface area contributed by atoms with E-state index < -0.39 is 10.0 Å². The van der Waals surface area contributed by atoms with E-state index in [9.17, 15) is 8.42 Å². The number of nitrogens with zero attached hydrogens (tertiary/aromatic N) is 1. The largest absolute Gasteiger partial charge is 0.383 e. The summed E-state index contributed by atoms with van der Waals surface area (Å²) in [6.45, 7) is 2.04. The molecule has 0 aromatic carbocycles. The van der Waals surface area contributed by atoms with Crippen LogP contribution >= 0.6 is 15.9 Å². The number of halogens is 1. The van der Waals surface area contributed by atoms with Crippen molar-refractivity contribution in [2.45, 2.75) is 18.0 Å². The number of ether oxygens (including phenoxy) is 1. The lowest BCUT2D eigenvalue weighted by molar-refractivity contribution is 0.180. The SMILES string of the molecule is COC[C@H](C)NS(=O)(=O)c1ccc(Br)cn1. The molecule has 1 heterocycles. The van der Waals surface area contributed by atoms with Gasteiger partial charge >= 0.3 is 0 Å². The number of rotatable bonds is 5. The fourth-order valence-electron chi connectivity index (χ4n) is 1.13. The predicted molar refractivity (Wildman–Crippen MR) is 63.6 cm³/mol. The highest BCUT2D eigenvalue weighted by molar-refractivity contribution is 9.10. The minimum atomic E-state index is -3.56. The van der Waals surface area contributed by atoms with E-state index in [1.54, 1.807) is 13.0 Å². The van der Waals surface area contributed by atoms with Crippen molar-refractivity contribution in [2.24, 2.45) is 0 Å². The molecular weight excluding hydrogens is 296 g/mol. The maximum absolute atomic E-state index is 11.8. The van der Waals surface area contributed by atoms with E-state index in [0.29, 0.717) is 6.61 Å². The minimum absolute atomic E-state index is 0.00125. The highest BCUT2D eigenvalue weighted by Gasteiger charge is 2.18. The summed E-state index contributed by atoms with van der Waals surface area (Å²) in [6.07, 6.45) is 1.44. The molecule has 0 saturated carbocycles. The summed E-state index contributed by atoms with van der Waals surface area (Å²) in [5.41, 5.74) is 0. The Kier molecular flexibility index (Phi) is 4.85. The molecule has 1 aromatic rings. The van der Waals surface area contributed by atoms with Crippen LogP contribution in [0.4, 0.5) is 0 Å². The zero-order chi connectivity index (χ0) is 12.2. The molecule has 0 aliphatic carbocycles. The molecule has 1 aromatic heterocycles. The fourth-order valence-corrected chi connectivity index (χ4v) is 2.52. The van der Waals surface area contributed by atoms with Gasteiger partial charge in [-0.15, -0.1) is 0 Å². The molecule has 5 nitrogen and oxygen atoms in total. The van der Waals surface area contributed by atoms with Crippen molar-refractivity contribution in [3.8, 4) is 0 Å². The second kappa shape index (κ2) is 5.72. The number of hydrogen-bond acceptors (Lipinski definition) is 4. The molecule has 16 heavy (non-hydrogen) atoms. The average molecular weight is 309 g/mol. The molecule has 90 valence electrons. The van der Waals surface area contributed by atoms with Crippen molar-refractivity contribution < 1.29 is 13.2 Å². The Morgan fingerprint density at radius 3 is 2.75 bits per heavy atom. The molecule has 7 heteroatoms. The monoisotopic (exact) mass is 308 g/mol. The Hall–Kier alpha value is -0.500. The summed E-state index contributed by atoms with van der Waals surface area (Å²) in [4.78, 5) is 3.82. The van der Waals surface area contributed by atoms with E-state index in [4.69, 9.17) is 4.74 Å². The second-order valence-corrected chi connectivity index (χ2v) is 5.87. The first-order valence-electron chi connectivity index (χ1n) is 4.58. The number of nitrogens with one attached hydrogen (secondary N) is 1. The fraction of sp³-hybridized carbons (Fsp3) is 0.444. The van der Waals surface area contributed by atoms with Crippen molar-refractivity contribution in [2.75, 3.05) is 13.7 Å². The van der Waals surface area contributed by atoms with Crippen LogP contribution in [0.1, 0.15) is 6.92 Å². The lowest BCUT2D eigenvalue weighted by Crippen LogP contribution is -2.35. The maximum atomic E-state index is 11.8. The van der Waals surface area contributed by atoms with E-state index in [1.165, 1.54) is 19.4 Å². The molecule has 0 unspecified atom stereocenters. The zero-order valence-corrected chi connectivity index (χ0v) is 11.4. The molecule has 0 spiro atoms. The third-order valence-corrected chi connectivity index (χ3v) is 3.72. The van der Waals surface area contributed by atoms with E-state index >= 15 is 0 Å². The van der Waals surface area contributed by atoms with Gasteiger partial charge in [0.1, 0.15) is 0 Å². The van der Waals surface area contributed by atoms with Crippen molar-refractivity contribution in [1.82, 2.24) is 9.71 Å². The number of methoxy groups -OCH3 is 1. The van der Waals surface area contributed by atoms with E-state index in [2.05, 4.69) is 25.6 Å². The van der Waals surface area contributed by atoms with Crippen molar-refractivity contribution in [3.63, 3.8) is 0 Å². The van der Waals surface area contributed by atoms with Crippen molar-refractivity contribution in [1.29, 1.82) is 0 Å². The highest BCUT2D eigenvalue weighted by Crippen LogP contribution is 2.11. The lowest BCUT2D eigenvalue weighted by atomic mass is 10.4. The Balaban J connectivity index is 2.82. The van der Waals surface area contributed by atoms with Crippen LogP contribution < -0.4 is 4.72 Å². The van der Waals surface area contributed by atoms with Crippen LogP contribution in [-0.2, 0) is 14.8 Å². The number of pyridine rings is 1. The minimum Gasteiger partial charge on any atom is -0.383 e. The summed E-state index contributed by atoms with van der Waals surface area (Å²) in [5, 5.41) is -0.00125. The van der Waals surface area contributed by atoms with Gasteiger partial charge in [0, 0.05) is 23.8 Å². The normalized spacial score (nSPS) is 13.7. The van der Waals surface area contributed by atoms with E-state index in [0.717, 1.165) is 4.47 Å². The summed E-state index contributed by atoms with van der Waals surface area (Å²) in [7, 11) is -2.04. The van der Waals surface area contributed by atoms with Crippen LogP contribution in [-0.4, -0.2) is 33.2 Å². The molecule has 0 aliphatic heterocycles.